The van der Waals surface area contributed by atoms with E-state index in [2.05, 4.69) is 205 Å². The molecule has 3 heterocycles. The summed E-state index contributed by atoms with van der Waals surface area (Å²) in [6.07, 6.45) is 0. The van der Waals surface area contributed by atoms with Gasteiger partial charge < -0.3 is 4.57 Å². The van der Waals surface area contributed by atoms with Crippen LogP contribution in [0.25, 0.3) is 116 Å². The monoisotopic (exact) mass is 750 g/mol. The number of para-hydroxylation sites is 4. The Hall–Kier alpha value is -7.95. The van der Waals surface area contributed by atoms with Crippen LogP contribution in [-0.2, 0) is 0 Å². The van der Waals surface area contributed by atoms with Crippen molar-refractivity contribution in [3.05, 3.63) is 206 Å². The fourth-order valence-electron chi connectivity index (χ4n) is 9.08. The molecule has 274 valence electrons. The molecule has 0 spiro atoms. The van der Waals surface area contributed by atoms with E-state index in [0.717, 1.165) is 72.1 Å². The molecule has 0 fully saturated rings. The molecule has 0 saturated heterocycles. The molecule has 4 heteroatoms. The Bertz CT molecular complexity index is 3600. The SMILES string of the molecule is c1ccc(-n2c3ccccc3c3c4c(ccc32)c(-c2cccc(-c3ccc(-c5nc(-c6cccc7ccccc67)c6ccccc6n5)cc3)c2)nc2ccccc24)cc1. The summed E-state index contributed by atoms with van der Waals surface area (Å²) in [4.78, 5) is 15.7. The third-order valence-electron chi connectivity index (χ3n) is 11.8. The van der Waals surface area contributed by atoms with Crippen molar-refractivity contribution >= 4 is 65.2 Å². The van der Waals surface area contributed by atoms with E-state index in [9.17, 15) is 0 Å². The maximum atomic E-state index is 5.37. The Labute approximate surface area is 340 Å². The lowest BCUT2D eigenvalue weighted by Crippen LogP contribution is -1.96. The molecule has 0 unspecified atom stereocenters. The summed E-state index contributed by atoms with van der Waals surface area (Å²) in [7, 11) is 0. The van der Waals surface area contributed by atoms with Gasteiger partial charge in [0, 0.05) is 54.7 Å². The lowest BCUT2D eigenvalue weighted by Gasteiger charge is -2.14. The van der Waals surface area contributed by atoms with Gasteiger partial charge in [-0.15, -0.1) is 0 Å². The van der Waals surface area contributed by atoms with Gasteiger partial charge in [-0.2, -0.15) is 0 Å². The van der Waals surface area contributed by atoms with Crippen LogP contribution in [0.4, 0.5) is 0 Å². The van der Waals surface area contributed by atoms with E-state index in [1.165, 1.54) is 38.0 Å². The van der Waals surface area contributed by atoms with Gasteiger partial charge in [0.05, 0.1) is 33.5 Å². The van der Waals surface area contributed by atoms with E-state index in [1.54, 1.807) is 0 Å². The van der Waals surface area contributed by atoms with Gasteiger partial charge in [0.15, 0.2) is 5.82 Å². The van der Waals surface area contributed by atoms with Gasteiger partial charge in [0.1, 0.15) is 0 Å². The smallest absolute Gasteiger partial charge is 0.160 e. The molecule has 0 aliphatic rings. The summed E-state index contributed by atoms with van der Waals surface area (Å²) >= 11 is 0. The van der Waals surface area contributed by atoms with Gasteiger partial charge in [-0.25, -0.2) is 15.0 Å². The highest BCUT2D eigenvalue weighted by atomic mass is 15.0. The minimum atomic E-state index is 0.707. The zero-order valence-corrected chi connectivity index (χ0v) is 31.9. The van der Waals surface area contributed by atoms with Gasteiger partial charge >= 0.3 is 0 Å². The summed E-state index contributed by atoms with van der Waals surface area (Å²) in [6.45, 7) is 0. The lowest BCUT2D eigenvalue weighted by molar-refractivity contribution is 1.18. The zero-order chi connectivity index (χ0) is 38.9. The summed E-state index contributed by atoms with van der Waals surface area (Å²) in [5, 5.41) is 9.39. The molecule has 12 rings (SSSR count). The van der Waals surface area contributed by atoms with E-state index in [-0.39, 0.29) is 0 Å². The first-order valence-corrected chi connectivity index (χ1v) is 20.0. The molecule has 0 radical (unpaired) electrons. The Balaban J connectivity index is 0.987. The largest absolute Gasteiger partial charge is 0.309 e. The van der Waals surface area contributed by atoms with Gasteiger partial charge in [-0.3, -0.25) is 0 Å². The molecule has 9 aromatic carbocycles. The van der Waals surface area contributed by atoms with Crippen molar-refractivity contribution in [2.24, 2.45) is 0 Å². The van der Waals surface area contributed by atoms with Crippen LogP contribution in [0.3, 0.4) is 0 Å². The van der Waals surface area contributed by atoms with Crippen molar-refractivity contribution in [3.63, 3.8) is 0 Å². The molecule has 12 aromatic rings. The number of benzene rings is 9. The Morgan fingerprint density at radius 1 is 0.322 bits per heavy atom. The van der Waals surface area contributed by atoms with Crippen LogP contribution in [0.15, 0.2) is 206 Å². The second kappa shape index (κ2) is 13.3. The molecule has 0 amide bonds. The normalized spacial score (nSPS) is 11.7. The standard InChI is InChI=1S/C55H34N4/c1-2-18-40(19-3-1)59-49-27-11-8-23-45(49)52-50(59)33-32-46-51(52)43-21-6-9-25-47(43)56-53(46)39-17-12-16-38(34-39)35-28-30-37(31-29-35)55-57-48-26-10-7-22-44(48)54(58-55)42-24-13-15-36-14-4-5-20-41(36)42/h1-34H. The van der Waals surface area contributed by atoms with Crippen LogP contribution in [0.1, 0.15) is 0 Å². The molecule has 0 atom stereocenters. The van der Waals surface area contributed by atoms with Crippen LogP contribution >= 0.6 is 0 Å². The van der Waals surface area contributed by atoms with Gasteiger partial charge in [-0.1, -0.05) is 164 Å². The molecular formula is C55H34N4. The molecular weight excluding hydrogens is 717 g/mol. The third kappa shape index (κ3) is 5.34. The number of rotatable bonds is 5. The van der Waals surface area contributed by atoms with E-state index < -0.39 is 0 Å². The van der Waals surface area contributed by atoms with E-state index in [4.69, 9.17) is 15.0 Å². The first-order valence-electron chi connectivity index (χ1n) is 20.0. The average molecular weight is 751 g/mol. The molecule has 0 N–H and O–H groups in total. The van der Waals surface area contributed by atoms with E-state index in [1.807, 2.05) is 6.07 Å². The van der Waals surface area contributed by atoms with Crippen molar-refractivity contribution in [1.29, 1.82) is 0 Å². The van der Waals surface area contributed by atoms with Gasteiger partial charge in [0.25, 0.3) is 0 Å². The van der Waals surface area contributed by atoms with E-state index in [0.29, 0.717) is 5.82 Å². The highest BCUT2D eigenvalue weighted by Gasteiger charge is 2.20. The van der Waals surface area contributed by atoms with Crippen molar-refractivity contribution in [3.8, 4) is 50.7 Å². The molecule has 0 saturated carbocycles. The maximum absolute atomic E-state index is 5.37. The van der Waals surface area contributed by atoms with Gasteiger partial charge in [0.2, 0.25) is 0 Å². The fraction of sp³-hybridized carbons (Fsp3) is 0. The Morgan fingerprint density at radius 3 is 1.81 bits per heavy atom. The summed E-state index contributed by atoms with van der Waals surface area (Å²) in [5.41, 5.74) is 12.7. The fourth-order valence-corrected chi connectivity index (χ4v) is 9.08. The predicted octanol–water partition coefficient (Wildman–Crippen LogP) is 14.2. The number of nitrogens with zero attached hydrogens (tertiary/aromatic N) is 4. The van der Waals surface area contributed by atoms with Crippen LogP contribution in [-0.4, -0.2) is 19.5 Å². The highest BCUT2D eigenvalue weighted by molar-refractivity contribution is 6.29. The molecule has 0 bridgehead atoms. The van der Waals surface area contributed by atoms with Gasteiger partial charge in [-0.05, 0) is 64.4 Å². The van der Waals surface area contributed by atoms with Crippen molar-refractivity contribution in [1.82, 2.24) is 19.5 Å². The minimum absolute atomic E-state index is 0.707. The molecule has 3 aromatic heterocycles. The number of hydrogen-bond donors (Lipinski definition) is 0. The van der Waals surface area contributed by atoms with Crippen molar-refractivity contribution in [2.45, 2.75) is 0 Å². The van der Waals surface area contributed by atoms with Crippen LogP contribution in [0.2, 0.25) is 0 Å². The van der Waals surface area contributed by atoms with Crippen LogP contribution in [0, 0.1) is 0 Å². The average Bonchev–Trinajstić information content (AvgIpc) is 3.65. The second-order valence-corrected chi connectivity index (χ2v) is 15.1. The first-order chi connectivity index (χ1) is 29.3. The number of pyridine rings is 1. The molecule has 0 aliphatic carbocycles. The predicted molar refractivity (Wildman–Crippen MR) is 246 cm³/mol. The summed E-state index contributed by atoms with van der Waals surface area (Å²) in [5.74, 6) is 0.707. The topological polar surface area (TPSA) is 43.6 Å². The quantitative estimate of drug-likeness (QED) is 0.165. The first kappa shape index (κ1) is 33.2. The molecule has 59 heavy (non-hydrogen) atoms. The van der Waals surface area contributed by atoms with Crippen LogP contribution < -0.4 is 0 Å². The third-order valence-corrected chi connectivity index (χ3v) is 11.8. The van der Waals surface area contributed by atoms with Crippen molar-refractivity contribution < 1.29 is 0 Å². The zero-order valence-electron chi connectivity index (χ0n) is 31.9. The highest BCUT2D eigenvalue weighted by Crippen LogP contribution is 2.43. The summed E-state index contributed by atoms with van der Waals surface area (Å²) in [6, 6.07) is 73.1. The number of fused-ring (bicyclic) bond motifs is 9. The van der Waals surface area contributed by atoms with Crippen molar-refractivity contribution in [2.75, 3.05) is 0 Å². The minimum Gasteiger partial charge on any atom is -0.309 e. The Kier molecular flexibility index (Phi) is 7.50. The maximum Gasteiger partial charge on any atom is 0.160 e. The number of hydrogen-bond acceptors (Lipinski definition) is 3. The lowest BCUT2D eigenvalue weighted by atomic mass is 9.94. The second-order valence-electron chi connectivity index (χ2n) is 15.1. The Morgan fingerprint density at radius 2 is 0.966 bits per heavy atom. The molecule has 4 nitrogen and oxygen atoms in total. The molecule has 0 aliphatic heterocycles. The van der Waals surface area contributed by atoms with E-state index >= 15 is 0 Å². The number of aromatic nitrogens is 4. The summed E-state index contributed by atoms with van der Waals surface area (Å²) < 4.78 is 2.39. The van der Waals surface area contributed by atoms with Crippen LogP contribution in [0.5, 0.6) is 0 Å².